The summed E-state index contributed by atoms with van der Waals surface area (Å²) in [6.45, 7) is 5.50. The highest BCUT2D eigenvalue weighted by molar-refractivity contribution is 5.94. The Bertz CT molecular complexity index is 974. The fourth-order valence-electron chi connectivity index (χ4n) is 5.10. The van der Waals surface area contributed by atoms with E-state index >= 15 is 0 Å². The number of carbonyl (C=O) groups excluding carboxylic acids is 2. The molecule has 0 aromatic heterocycles. The van der Waals surface area contributed by atoms with Crippen molar-refractivity contribution in [2.45, 2.75) is 69.4 Å². The van der Waals surface area contributed by atoms with Gasteiger partial charge in [-0.15, -0.1) is 0 Å². The Labute approximate surface area is 188 Å². The van der Waals surface area contributed by atoms with Crippen molar-refractivity contribution >= 4 is 17.7 Å². The minimum absolute atomic E-state index is 0.0774. The molecule has 170 valence electrons. The van der Waals surface area contributed by atoms with Gasteiger partial charge >= 0.3 is 6.09 Å². The lowest BCUT2D eigenvalue weighted by atomic mass is 9.77. The highest BCUT2D eigenvalue weighted by Gasteiger charge is 2.55. The molecule has 2 amide bonds. The van der Waals surface area contributed by atoms with Gasteiger partial charge in [0.1, 0.15) is 5.60 Å². The molecule has 0 saturated carbocycles. The van der Waals surface area contributed by atoms with Crippen molar-refractivity contribution in [1.29, 1.82) is 0 Å². The van der Waals surface area contributed by atoms with E-state index in [0.717, 1.165) is 17.5 Å². The van der Waals surface area contributed by atoms with Crippen LogP contribution >= 0.6 is 0 Å². The first-order valence-corrected chi connectivity index (χ1v) is 11.1. The van der Waals surface area contributed by atoms with Gasteiger partial charge in [0.05, 0.1) is 18.2 Å². The zero-order valence-corrected chi connectivity index (χ0v) is 18.7. The van der Waals surface area contributed by atoms with Crippen molar-refractivity contribution in [2.75, 3.05) is 5.32 Å². The van der Waals surface area contributed by atoms with Gasteiger partial charge in [-0.05, 0) is 56.9 Å². The average molecular weight is 438 g/mol. The number of ether oxygens (including phenoxy) is 1. The van der Waals surface area contributed by atoms with Gasteiger partial charge in [0.2, 0.25) is 5.91 Å². The van der Waals surface area contributed by atoms with Gasteiger partial charge in [-0.2, -0.15) is 0 Å². The molecule has 0 bridgehead atoms. The van der Waals surface area contributed by atoms with Gasteiger partial charge in [0.25, 0.3) is 0 Å². The van der Waals surface area contributed by atoms with Gasteiger partial charge in [-0.25, -0.2) is 4.79 Å². The lowest BCUT2D eigenvalue weighted by molar-refractivity contribution is -0.117. The van der Waals surface area contributed by atoms with Crippen LogP contribution in [-0.4, -0.2) is 45.7 Å². The molecule has 2 aromatic carbocycles. The molecule has 1 unspecified atom stereocenters. The van der Waals surface area contributed by atoms with E-state index in [-0.39, 0.29) is 30.0 Å². The number of carbonyl (C=O) groups is 2. The lowest BCUT2D eigenvalue weighted by Gasteiger charge is -2.48. The molecule has 32 heavy (non-hydrogen) atoms. The molecule has 2 heterocycles. The first-order chi connectivity index (χ1) is 15.2. The molecule has 2 fully saturated rings. The molecule has 0 spiro atoms. The Morgan fingerprint density at radius 3 is 2.44 bits per heavy atom. The number of rotatable bonds is 5. The standard InChI is InChI=1S/C25H31N3O4/c1-15(26)23(30)27-18-11-9-16(10-12-18)21-19-13-14-20(22(29)17-7-5-4-6-8-17)28(19)24(31)32-25(21,2)3/h4-12,15,19-22,29H,13-14,26H2,1-3H3,(H,27,30)/t15-,19-,20+,21?,22+/m0/s1. The first kappa shape index (κ1) is 22.3. The number of cyclic esters (lactones) is 1. The Hall–Kier alpha value is -2.90. The SMILES string of the molecule is C[C@H](N)C(=O)Nc1ccc(C2[C@@H]3CC[C@H]([C@H](O)c4ccccc4)N3C(=O)OC2(C)C)cc1. The number of anilines is 1. The van der Waals surface area contributed by atoms with E-state index in [0.29, 0.717) is 12.1 Å². The highest BCUT2D eigenvalue weighted by Crippen LogP contribution is 2.48. The number of nitrogens with two attached hydrogens (primary N) is 1. The van der Waals surface area contributed by atoms with E-state index in [1.165, 1.54) is 0 Å². The molecular weight excluding hydrogens is 406 g/mol. The van der Waals surface area contributed by atoms with Crippen LogP contribution in [0.1, 0.15) is 56.8 Å². The molecule has 7 nitrogen and oxygen atoms in total. The van der Waals surface area contributed by atoms with Crippen LogP contribution in [0.4, 0.5) is 10.5 Å². The van der Waals surface area contributed by atoms with Gasteiger partial charge in [0, 0.05) is 17.6 Å². The molecule has 2 aliphatic rings. The van der Waals surface area contributed by atoms with Crippen LogP contribution in [-0.2, 0) is 9.53 Å². The van der Waals surface area contributed by atoms with Crippen molar-refractivity contribution < 1.29 is 19.4 Å². The maximum atomic E-state index is 13.0. The third-order valence-corrected chi connectivity index (χ3v) is 6.62. The van der Waals surface area contributed by atoms with E-state index in [9.17, 15) is 14.7 Å². The predicted octanol–water partition coefficient (Wildman–Crippen LogP) is 3.55. The minimum Gasteiger partial charge on any atom is -0.443 e. The van der Waals surface area contributed by atoms with Crippen LogP contribution in [0, 0.1) is 0 Å². The summed E-state index contributed by atoms with van der Waals surface area (Å²) in [5.41, 5.74) is 7.41. The third-order valence-electron chi connectivity index (χ3n) is 6.62. The number of hydrogen-bond acceptors (Lipinski definition) is 5. The summed E-state index contributed by atoms with van der Waals surface area (Å²) < 4.78 is 5.89. The minimum atomic E-state index is -0.772. The van der Waals surface area contributed by atoms with Crippen LogP contribution in [0.15, 0.2) is 54.6 Å². The predicted molar refractivity (Wildman–Crippen MR) is 122 cm³/mol. The molecule has 2 saturated heterocycles. The smallest absolute Gasteiger partial charge is 0.410 e. The lowest BCUT2D eigenvalue weighted by Crippen LogP contribution is -2.58. The van der Waals surface area contributed by atoms with Crippen LogP contribution in [0.5, 0.6) is 0 Å². The number of nitrogens with zero attached hydrogens (tertiary/aromatic N) is 1. The number of aliphatic hydroxyl groups is 1. The number of fused-ring (bicyclic) bond motifs is 1. The van der Waals surface area contributed by atoms with Crippen molar-refractivity contribution in [3.8, 4) is 0 Å². The van der Waals surface area contributed by atoms with E-state index in [1.807, 2.05) is 68.4 Å². The van der Waals surface area contributed by atoms with Crippen molar-refractivity contribution in [1.82, 2.24) is 4.90 Å². The summed E-state index contributed by atoms with van der Waals surface area (Å²) in [6.07, 6.45) is 0.326. The molecule has 2 aliphatic heterocycles. The second-order valence-corrected chi connectivity index (χ2v) is 9.32. The van der Waals surface area contributed by atoms with E-state index in [2.05, 4.69) is 5.32 Å². The van der Waals surface area contributed by atoms with Crippen molar-refractivity contribution in [2.24, 2.45) is 5.73 Å². The number of aliphatic hydroxyl groups excluding tert-OH is 1. The van der Waals surface area contributed by atoms with Crippen molar-refractivity contribution in [3.05, 3.63) is 65.7 Å². The summed E-state index contributed by atoms with van der Waals surface area (Å²) in [7, 11) is 0. The average Bonchev–Trinajstić information content (AvgIpc) is 3.19. The maximum Gasteiger partial charge on any atom is 0.410 e. The maximum absolute atomic E-state index is 13.0. The summed E-state index contributed by atoms with van der Waals surface area (Å²) in [4.78, 5) is 26.6. The summed E-state index contributed by atoms with van der Waals surface area (Å²) in [5.74, 6) is -0.323. The van der Waals surface area contributed by atoms with Crippen LogP contribution in [0.3, 0.4) is 0 Å². The molecule has 0 radical (unpaired) electrons. The van der Waals surface area contributed by atoms with Gasteiger partial charge < -0.3 is 20.9 Å². The number of nitrogens with one attached hydrogen (secondary N) is 1. The number of benzene rings is 2. The molecule has 7 heteroatoms. The van der Waals surface area contributed by atoms with E-state index in [4.69, 9.17) is 10.5 Å². The second kappa shape index (κ2) is 8.56. The number of amides is 2. The van der Waals surface area contributed by atoms with Gasteiger partial charge in [-0.3, -0.25) is 9.69 Å². The van der Waals surface area contributed by atoms with Crippen LogP contribution in [0.25, 0.3) is 0 Å². The Balaban J connectivity index is 1.60. The van der Waals surface area contributed by atoms with Crippen LogP contribution in [0.2, 0.25) is 0 Å². The summed E-state index contributed by atoms with van der Waals surface area (Å²) in [6, 6.07) is 16.0. The zero-order chi connectivity index (χ0) is 23.0. The molecule has 4 rings (SSSR count). The normalized spacial score (nSPS) is 26.1. The summed E-state index contributed by atoms with van der Waals surface area (Å²) >= 11 is 0. The number of hydrogen-bond donors (Lipinski definition) is 3. The van der Waals surface area contributed by atoms with Crippen molar-refractivity contribution in [3.63, 3.8) is 0 Å². The fraction of sp³-hybridized carbons (Fsp3) is 0.440. The topological polar surface area (TPSA) is 105 Å². The first-order valence-electron chi connectivity index (χ1n) is 11.1. The Morgan fingerprint density at radius 2 is 1.81 bits per heavy atom. The highest BCUT2D eigenvalue weighted by atomic mass is 16.6. The van der Waals surface area contributed by atoms with E-state index in [1.54, 1.807) is 11.8 Å². The zero-order valence-electron chi connectivity index (χ0n) is 18.7. The van der Waals surface area contributed by atoms with Gasteiger partial charge in [0.15, 0.2) is 0 Å². The van der Waals surface area contributed by atoms with Gasteiger partial charge in [-0.1, -0.05) is 42.5 Å². The largest absolute Gasteiger partial charge is 0.443 e. The van der Waals surface area contributed by atoms with Crippen LogP contribution < -0.4 is 11.1 Å². The Kier molecular flexibility index (Phi) is 5.97. The molecule has 2 aromatic rings. The Morgan fingerprint density at radius 1 is 1.16 bits per heavy atom. The molecule has 4 N–H and O–H groups in total. The molecule has 0 aliphatic carbocycles. The fourth-order valence-corrected chi connectivity index (χ4v) is 5.10. The molecular formula is C25H31N3O4. The monoisotopic (exact) mass is 437 g/mol. The summed E-state index contributed by atoms with van der Waals surface area (Å²) in [5, 5.41) is 13.8. The quantitative estimate of drug-likeness (QED) is 0.663. The third kappa shape index (κ3) is 4.10. The van der Waals surface area contributed by atoms with E-state index < -0.39 is 17.7 Å². The molecule has 5 atom stereocenters. The second-order valence-electron chi connectivity index (χ2n) is 9.32.